The first-order valence-corrected chi connectivity index (χ1v) is 8.96. The zero-order valence-corrected chi connectivity index (χ0v) is 14.8. The van der Waals surface area contributed by atoms with Crippen LogP contribution in [0.3, 0.4) is 0 Å². The molecule has 25 heavy (non-hydrogen) atoms. The molecule has 1 aromatic heterocycles. The molecule has 1 saturated heterocycles. The lowest BCUT2D eigenvalue weighted by atomic mass is 10.2. The van der Waals surface area contributed by atoms with Gasteiger partial charge in [0.25, 0.3) is 5.91 Å². The predicted octanol–water partition coefficient (Wildman–Crippen LogP) is 2.41. The summed E-state index contributed by atoms with van der Waals surface area (Å²) in [5.74, 6) is -0.0954. The molecule has 0 spiro atoms. The van der Waals surface area contributed by atoms with Gasteiger partial charge in [-0.1, -0.05) is 24.3 Å². The number of carbonyl (C=O) groups is 1. The molecule has 132 valence electrons. The van der Waals surface area contributed by atoms with Gasteiger partial charge in [-0.05, 0) is 37.6 Å². The van der Waals surface area contributed by atoms with Gasteiger partial charge in [0.15, 0.2) is 0 Å². The van der Waals surface area contributed by atoms with Gasteiger partial charge in [0, 0.05) is 50.6 Å². The second-order valence-corrected chi connectivity index (χ2v) is 6.54. The van der Waals surface area contributed by atoms with Crippen LogP contribution in [0.4, 0.5) is 5.69 Å². The monoisotopic (exact) mass is 338 g/mol. The van der Waals surface area contributed by atoms with E-state index in [1.165, 1.54) is 5.69 Å². The molecule has 5 nitrogen and oxygen atoms in total. The van der Waals surface area contributed by atoms with Gasteiger partial charge in [-0.15, -0.1) is 0 Å². The fourth-order valence-electron chi connectivity index (χ4n) is 3.11. The van der Waals surface area contributed by atoms with Crippen LogP contribution >= 0.6 is 0 Å². The van der Waals surface area contributed by atoms with E-state index >= 15 is 0 Å². The first-order valence-electron chi connectivity index (χ1n) is 8.96. The molecule has 0 bridgehead atoms. The fourth-order valence-corrected chi connectivity index (χ4v) is 3.11. The number of pyridine rings is 1. The van der Waals surface area contributed by atoms with Crippen LogP contribution in [-0.2, 0) is 0 Å². The first kappa shape index (κ1) is 17.4. The normalized spacial score (nSPS) is 16.4. The maximum atomic E-state index is 12.1. The van der Waals surface area contributed by atoms with Gasteiger partial charge in [0.05, 0.1) is 0 Å². The lowest BCUT2D eigenvalue weighted by Crippen LogP contribution is -2.47. The maximum absolute atomic E-state index is 12.1. The van der Waals surface area contributed by atoms with Gasteiger partial charge < -0.3 is 10.2 Å². The van der Waals surface area contributed by atoms with Crippen LogP contribution in [0.1, 0.15) is 23.8 Å². The van der Waals surface area contributed by atoms with Crippen molar-refractivity contribution in [2.24, 2.45) is 0 Å². The van der Waals surface area contributed by atoms with Gasteiger partial charge in [-0.25, -0.2) is 0 Å². The summed E-state index contributed by atoms with van der Waals surface area (Å²) < 4.78 is 0. The third-order valence-electron chi connectivity index (χ3n) is 4.65. The van der Waals surface area contributed by atoms with Crippen molar-refractivity contribution >= 4 is 11.6 Å². The van der Waals surface area contributed by atoms with Gasteiger partial charge in [0.2, 0.25) is 0 Å². The summed E-state index contributed by atoms with van der Waals surface area (Å²) in [4.78, 5) is 21.1. The third kappa shape index (κ3) is 5.03. The van der Waals surface area contributed by atoms with Crippen molar-refractivity contribution in [2.75, 3.05) is 37.6 Å². The lowest BCUT2D eigenvalue weighted by Gasteiger charge is -2.36. The Hall–Kier alpha value is -2.40. The Morgan fingerprint density at radius 3 is 2.48 bits per heavy atom. The van der Waals surface area contributed by atoms with Crippen molar-refractivity contribution < 1.29 is 4.79 Å². The molecule has 1 atom stereocenters. The van der Waals surface area contributed by atoms with Crippen molar-refractivity contribution in [1.82, 2.24) is 15.2 Å². The summed E-state index contributed by atoms with van der Waals surface area (Å²) >= 11 is 0. The molecule has 1 aromatic carbocycles. The molecule has 1 N–H and O–H groups in total. The highest BCUT2D eigenvalue weighted by molar-refractivity contribution is 5.92. The Bertz CT molecular complexity index is 654. The zero-order chi connectivity index (χ0) is 17.5. The third-order valence-corrected chi connectivity index (χ3v) is 4.65. The topological polar surface area (TPSA) is 48.5 Å². The zero-order valence-electron chi connectivity index (χ0n) is 14.8. The molecule has 2 aromatic rings. The largest absolute Gasteiger partial charge is 0.369 e. The summed E-state index contributed by atoms with van der Waals surface area (Å²) in [7, 11) is 0. The minimum absolute atomic E-state index is 0.0954. The number of rotatable bonds is 6. The second-order valence-electron chi connectivity index (χ2n) is 6.54. The van der Waals surface area contributed by atoms with Crippen molar-refractivity contribution in [1.29, 1.82) is 0 Å². The Balaban J connectivity index is 1.39. The molecule has 5 heteroatoms. The summed E-state index contributed by atoms with van der Waals surface area (Å²) in [5, 5.41) is 3.03. The number of aromatic nitrogens is 1. The SMILES string of the molecule is C[C@H](CCN1CCN(c2ccccc2)CC1)NC(=O)c1ccccn1. The molecule has 0 saturated carbocycles. The minimum Gasteiger partial charge on any atom is -0.369 e. The van der Waals surface area contributed by atoms with E-state index in [1.807, 2.05) is 12.1 Å². The predicted molar refractivity (Wildman–Crippen MR) is 101 cm³/mol. The number of benzene rings is 1. The molecule has 1 aliphatic heterocycles. The summed E-state index contributed by atoms with van der Waals surface area (Å²) in [6.45, 7) is 7.30. The number of hydrogen-bond acceptors (Lipinski definition) is 4. The standard InChI is InChI=1S/C20H26N4O/c1-17(22-20(25)19-9-5-6-11-21-19)10-12-23-13-15-24(16-14-23)18-7-3-2-4-8-18/h2-9,11,17H,10,12-16H2,1H3,(H,22,25)/t17-/m1/s1. The number of carbonyl (C=O) groups excluding carboxylic acids is 1. The number of amides is 1. The van der Waals surface area contributed by atoms with Crippen molar-refractivity contribution in [3.05, 3.63) is 60.4 Å². The Morgan fingerprint density at radius 2 is 1.80 bits per heavy atom. The number of nitrogens with zero attached hydrogens (tertiary/aromatic N) is 3. The second kappa shape index (κ2) is 8.62. The Morgan fingerprint density at radius 1 is 1.08 bits per heavy atom. The summed E-state index contributed by atoms with van der Waals surface area (Å²) in [6, 6.07) is 16.1. The van der Waals surface area contributed by atoms with E-state index in [0.29, 0.717) is 5.69 Å². The average molecular weight is 338 g/mol. The number of nitrogens with one attached hydrogen (secondary N) is 1. The fraction of sp³-hybridized carbons (Fsp3) is 0.400. The highest BCUT2D eigenvalue weighted by Gasteiger charge is 2.18. The van der Waals surface area contributed by atoms with E-state index in [4.69, 9.17) is 0 Å². The molecule has 3 rings (SSSR count). The quantitative estimate of drug-likeness (QED) is 0.879. The highest BCUT2D eigenvalue weighted by atomic mass is 16.1. The maximum Gasteiger partial charge on any atom is 0.270 e. The molecular formula is C20H26N4O. The molecule has 1 aliphatic rings. The van der Waals surface area contributed by atoms with E-state index in [2.05, 4.69) is 57.4 Å². The average Bonchev–Trinajstić information content (AvgIpc) is 2.68. The molecule has 1 fully saturated rings. The molecular weight excluding hydrogens is 312 g/mol. The van der Waals surface area contributed by atoms with Crippen molar-refractivity contribution in [3.8, 4) is 0 Å². The number of hydrogen-bond donors (Lipinski definition) is 1. The van der Waals surface area contributed by atoms with E-state index in [9.17, 15) is 4.79 Å². The molecule has 0 aliphatic carbocycles. The minimum atomic E-state index is -0.0954. The molecule has 0 radical (unpaired) electrons. The number of anilines is 1. The number of para-hydroxylation sites is 1. The van der Waals surface area contributed by atoms with Gasteiger partial charge >= 0.3 is 0 Å². The van der Waals surface area contributed by atoms with E-state index in [1.54, 1.807) is 12.3 Å². The van der Waals surface area contributed by atoms with Gasteiger partial charge in [-0.3, -0.25) is 14.7 Å². The van der Waals surface area contributed by atoms with Crippen LogP contribution in [0.2, 0.25) is 0 Å². The molecule has 2 heterocycles. The lowest BCUT2D eigenvalue weighted by molar-refractivity contribution is 0.0930. The summed E-state index contributed by atoms with van der Waals surface area (Å²) in [6.07, 6.45) is 2.59. The van der Waals surface area contributed by atoms with Crippen LogP contribution in [0.5, 0.6) is 0 Å². The smallest absolute Gasteiger partial charge is 0.270 e. The molecule has 0 unspecified atom stereocenters. The highest BCUT2D eigenvalue weighted by Crippen LogP contribution is 2.15. The van der Waals surface area contributed by atoms with Gasteiger partial charge in [0.1, 0.15) is 5.69 Å². The van der Waals surface area contributed by atoms with Crippen LogP contribution < -0.4 is 10.2 Å². The van der Waals surface area contributed by atoms with Crippen molar-refractivity contribution in [3.63, 3.8) is 0 Å². The van der Waals surface area contributed by atoms with Crippen LogP contribution in [0.15, 0.2) is 54.7 Å². The van der Waals surface area contributed by atoms with Crippen molar-refractivity contribution in [2.45, 2.75) is 19.4 Å². The molecule has 1 amide bonds. The number of piperazine rings is 1. The first-order chi connectivity index (χ1) is 12.2. The van der Waals surface area contributed by atoms with E-state index in [-0.39, 0.29) is 11.9 Å². The van der Waals surface area contributed by atoms with E-state index < -0.39 is 0 Å². The van der Waals surface area contributed by atoms with Crippen LogP contribution in [0.25, 0.3) is 0 Å². The Labute approximate surface area is 149 Å². The Kier molecular flexibility index (Phi) is 6.01. The van der Waals surface area contributed by atoms with E-state index in [0.717, 1.165) is 39.1 Å². The van der Waals surface area contributed by atoms with Crippen LogP contribution in [0, 0.1) is 0 Å². The van der Waals surface area contributed by atoms with Gasteiger partial charge in [-0.2, -0.15) is 0 Å². The summed E-state index contributed by atoms with van der Waals surface area (Å²) in [5.41, 5.74) is 1.78. The van der Waals surface area contributed by atoms with Crippen LogP contribution in [-0.4, -0.2) is 54.6 Å².